The van der Waals surface area contributed by atoms with Crippen LogP contribution < -0.4 is 5.32 Å². The fourth-order valence-electron chi connectivity index (χ4n) is 1.93. The summed E-state index contributed by atoms with van der Waals surface area (Å²) in [6.45, 7) is 6.61. The molecule has 17 heavy (non-hydrogen) atoms. The van der Waals surface area contributed by atoms with E-state index < -0.39 is 0 Å². The van der Waals surface area contributed by atoms with E-state index in [9.17, 15) is 4.39 Å². The standard InChI is InChI=1S/C14H22FNO/c1-11-6-13(9-14(15)8-11)7-12(2)10-16-4-5-17-3/h6,8-9,12,16H,4-5,7,10H2,1-3H3. The maximum atomic E-state index is 13.2. The number of nitrogens with one attached hydrogen (secondary N) is 1. The third kappa shape index (κ3) is 5.80. The summed E-state index contributed by atoms with van der Waals surface area (Å²) in [6.07, 6.45) is 0.901. The van der Waals surface area contributed by atoms with E-state index in [0.29, 0.717) is 5.92 Å². The van der Waals surface area contributed by atoms with Crippen molar-refractivity contribution in [2.75, 3.05) is 26.8 Å². The summed E-state index contributed by atoms with van der Waals surface area (Å²) in [5.41, 5.74) is 2.06. The molecule has 0 fully saturated rings. The van der Waals surface area contributed by atoms with Crippen molar-refractivity contribution in [3.63, 3.8) is 0 Å². The molecule has 1 aromatic carbocycles. The maximum Gasteiger partial charge on any atom is 0.123 e. The molecule has 1 unspecified atom stereocenters. The molecule has 0 aliphatic rings. The van der Waals surface area contributed by atoms with Gasteiger partial charge in [0.05, 0.1) is 6.61 Å². The molecule has 1 atom stereocenters. The molecule has 0 aliphatic carbocycles. The van der Waals surface area contributed by atoms with Gasteiger partial charge >= 0.3 is 0 Å². The Balaban J connectivity index is 2.36. The zero-order chi connectivity index (χ0) is 12.7. The lowest BCUT2D eigenvalue weighted by Crippen LogP contribution is -2.25. The first-order chi connectivity index (χ1) is 8.11. The van der Waals surface area contributed by atoms with Crippen LogP contribution in [0.15, 0.2) is 18.2 Å². The first-order valence-electron chi connectivity index (χ1n) is 6.07. The lowest BCUT2D eigenvalue weighted by atomic mass is 9.99. The average Bonchev–Trinajstić information content (AvgIpc) is 2.23. The molecule has 1 rings (SSSR count). The van der Waals surface area contributed by atoms with Gasteiger partial charge in [0.1, 0.15) is 5.82 Å². The van der Waals surface area contributed by atoms with E-state index in [1.807, 2.05) is 6.92 Å². The molecule has 0 radical (unpaired) electrons. The summed E-state index contributed by atoms with van der Waals surface area (Å²) in [4.78, 5) is 0. The van der Waals surface area contributed by atoms with Crippen LogP contribution in [0.3, 0.4) is 0 Å². The number of halogens is 1. The van der Waals surface area contributed by atoms with E-state index in [-0.39, 0.29) is 5.82 Å². The van der Waals surface area contributed by atoms with Crippen molar-refractivity contribution in [1.29, 1.82) is 0 Å². The van der Waals surface area contributed by atoms with Gasteiger partial charge in [-0.15, -0.1) is 0 Å². The molecule has 0 saturated carbocycles. The van der Waals surface area contributed by atoms with Crippen LogP contribution in [0.4, 0.5) is 4.39 Å². The minimum absolute atomic E-state index is 0.139. The fraction of sp³-hybridized carbons (Fsp3) is 0.571. The molecule has 0 saturated heterocycles. The number of benzene rings is 1. The Bertz CT molecular complexity index is 321. The van der Waals surface area contributed by atoms with Crippen molar-refractivity contribution in [3.05, 3.63) is 35.1 Å². The number of methoxy groups -OCH3 is 1. The van der Waals surface area contributed by atoms with Crippen molar-refractivity contribution in [2.45, 2.75) is 20.3 Å². The second-order valence-corrected chi connectivity index (χ2v) is 4.64. The summed E-state index contributed by atoms with van der Waals surface area (Å²) in [7, 11) is 1.70. The van der Waals surface area contributed by atoms with E-state index in [1.165, 1.54) is 0 Å². The Morgan fingerprint density at radius 1 is 1.35 bits per heavy atom. The molecule has 0 aliphatic heterocycles. The molecular formula is C14H22FNO. The maximum absolute atomic E-state index is 13.2. The predicted octanol–water partition coefficient (Wildman–Crippen LogP) is 2.55. The normalized spacial score (nSPS) is 12.7. The van der Waals surface area contributed by atoms with Crippen LogP contribution in [0.25, 0.3) is 0 Å². The first kappa shape index (κ1) is 14.1. The molecule has 3 heteroatoms. The van der Waals surface area contributed by atoms with Crippen molar-refractivity contribution >= 4 is 0 Å². The second-order valence-electron chi connectivity index (χ2n) is 4.64. The number of rotatable bonds is 7. The van der Waals surface area contributed by atoms with Gasteiger partial charge in [-0.2, -0.15) is 0 Å². The van der Waals surface area contributed by atoms with E-state index in [0.717, 1.165) is 37.2 Å². The molecule has 0 bridgehead atoms. The van der Waals surface area contributed by atoms with E-state index in [4.69, 9.17) is 4.74 Å². The molecule has 96 valence electrons. The van der Waals surface area contributed by atoms with E-state index >= 15 is 0 Å². The number of hydrogen-bond acceptors (Lipinski definition) is 2. The largest absolute Gasteiger partial charge is 0.383 e. The molecule has 0 aromatic heterocycles. The molecule has 0 spiro atoms. The van der Waals surface area contributed by atoms with Crippen molar-refractivity contribution in [1.82, 2.24) is 5.32 Å². The highest BCUT2D eigenvalue weighted by Crippen LogP contribution is 2.12. The molecule has 0 heterocycles. The third-order valence-electron chi connectivity index (χ3n) is 2.66. The van der Waals surface area contributed by atoms with E-state index in [2.05, 4.69) is 18.3 Å². The number of aryl methyl sites for hydroxylation is 1. The Kier molecular flexibility index (Phi) is 6.16. The average molecular weight is 239 g/mol. The van der Waals surface area contributed by atoms with Gasteiger partial charge in [-0.25, -0.2) is 4.39 Å². The topological polar surface area (TPSA) is 21.3 Å². The van der Waals surface area contributed by atoms with Gasteiger partial charge in [-0.1, -0.05) is 13.0 Å². The highest BCUT2D eigenvalue weighted by molar-refractivity contribution is 5.23. The molecule has 2 nitrogen and oxygen atoms in total. The highest BCUT2D eigenvalue weighted by atomic mass is 19.1. The quantitative estimate of drug-likeness (QED) is 0.738. The van der Waals surface area contributed by atoms with Gasteiger partial charge < -0.3 is 10.1 Å². The van der Waals surface area contributed by atoms with Crippen LogP contribution >= 0.6 is 0 Å². The first-order valence-corrected chi connectivity index (χ1v) is 6.07. The van der Waals surface area contributed by atoms with Gasteiger partial charge in [0, 0.05) is 13.7 Å². The van der Waals surface area contributed by atoms with Crippen LogP contribution in [0.2, 0.25) is 0 Å². The van der Waals surface area contributed by atoms with Crippen LogP contribution in [-0.4, -0.2) is 26.8 Å². The van der Waals surface area contributed by atoms with Gasteiger partial charge in [-0.3, -0.25) is 0 Å². The molecular weight excluding hydrogens is 217 g/mol. The van der Waals surface area contributed by atoms with Crippen LogP contribution in [-0.2, 0) is 11.2 Å². The Hall–Kier alpha value is -0.930. The lowest BCUT2D eigenvalue weighted by molar-refractivity contribution is 0.198. The zero-order valence-corrected chi connectivity index (χ0v) is 10.9. The fourth-order valence-corrected chi connectivity index (χ4v) is 1.93. The third-order valence-corrected chi connectivity index (χ3v) is 2.66. The summed E-state index contributed by atoms with van der Waals surface area (Å²) in [6, 6.07) is 5.23. The van der Waals surface area contributed by atoms with Crippen molar-refractivity contribution in [3.8, 4) is 0 Å². The summed E-state index contributed by atoms with van der Waals surface area (Å²) in [5.74, 6) is 0.354. The minimum atomic E-state index is -0.139. The smallest absolute Gasteiger partial charge is 0.123 e. The Morgan fingerprint density at radius 3 is 2.76 bits per heavy atom. The molecule has 0 amide bonds. The van der Waals surface area contributed by atoms with Crippen LogP contribution in [0.1, 0.15) is 18.1 Å². The lowest BCUT2D eigenvalue weighted by Gasteiger charge is -2.13. The van der Waals surface area contributed by atoms with Crippen LogP contribution in [0.5, 0.6) is 0 Å². The van der Waals surface area contributed by atoms with E-state index in [1.54, 1.807) is 19.2 Å². The van der Waals surface area contributed by atoms with Crippen molar-refractivity contribution < 1.29 is 9.13 Å². The molecule has 1 aromatic rings. The monoisotopic (exact) mass is 239 g/mol. The number of hydrogen-bond donors (Lipinski definition) is 1. The zero-order valence-electron chi connectivity index (χ0n) is 10.9. The summed E-state index contributed by atoms with van der Waals surface area (Å²) >= 11 is 0. The SMILES string of the molecule is COCCNCC(C)Cc1cc(C)cc(F)c1. The van der Waals surface area contributed by atoms with Crippen LogP contribution in [0, 0.1) is 18.7 Å². The second kappa shape index (κ2) is 7.41. The Morgan fingerprint density at radius 2 is 2.12 bits per heavy atom. The summed E-state index contributed by atoms with van der Waals surface area (Å²) < 4.78 is 18.2. The van der Waals surface area contributed by atoms with Gasteiger partial charge in [-0.05, 0) is 49.1 Å². The minimum Gasteiger partial charge on any atom is -0.383 e. The summed E-state index contributed by atoms with van der Waals surface area (Å²) in [5, 5.41) is 3.32. The van der Waals surface area contributed by atoms with Crippen molar-refractivity contribution in [2.24, 2.45) is 5.92 Å². The van der Waals surface area contributed by atoms with Gasteiger partial charge in [0.2, 0.25) is 0 Å². The molecule has 1 N–H and O–H groups in total. The predicted molar refractivity (Wildman–Crippen MR) is 68.8 cm³/mol. The Labute approximate surface area is 103 Å². The highest BCUT2D eigenvalue weighted by Gasteiger charge is 2.05. The number of ether oxygens (including phenoxy) is 1. The van der Waals surface area contributed by atoms with Gasteiger partial charge in [0.15, 0.2) is 0 Å². The van der Waals surface area contributed by atoms with Gasteiger partial charge in [0.25, 0.3) is 0 Å².